The van der Waals surface area contributed by atoms with Crippen LogP contribution in [0.5, 0.6) is 0 Å². The van der Waals surface area contributed by atoms with Gasteiger partial charge in [-0.2, -0.15) is 19.2 Å². The summed E-state index contributed by atoms with van der Waals surface area (Å²) in [4.78, 5) is 43.8. The molecule has 0 unspecified atom stereocenters. The standard InChI is InChI=1S/C11H18O.C10H16O2.2CO2/c1-4-6-10-8-9(3)11(12-10)7-5-2;1-3-5-8-7-9(11)10(12-8)6-4-2;2*2-1-3/h5,10-11H,2-4,6-8H2,1H3;4,8,10H,2-3,5-7H2,1H3;;/t10-,11-;8-,10-;;/m00../s1. The molecule has 0 N–H and O–H groups in total. The van der Waals surface area contributed by atoms with Crippen molar-refractivity contribution >= 4 is 18.1 Å². The number of carbonyl (C=O) groups is 1. The van der Waals surface area contributed by atoms with Crippen molar-refractivity contribution in [3.8, 4) is 0 Å². The molecule has 2 aliphatic rings. The molecule has 0 bridgehead atoms. The minimum Gasteiger partial charge on any atom is -0.370 e. The molecule has 0 aromatic carbocycles. The van der Waals surface area contributed by atoms with Gasteiger partial charge in [0.05, 0.1) is 18.3 Å². The van der Waals surface area contributed by atoms with Crippen LogP contribution in [0.3, 0.4) is 0 Å². The van der Waals surface area contributed by atoms with E-state index in [-0.39, 0.29) is 36.4 Å². The van der Waals surface area contributed by atoms with E-state index >= 15 is 0 Å². The Hall–Kier alpha value is -2.43. The molecule has 0 aromatic rings. The lowest BCUT2D eigenvalue weighted by molar-refractivity contribution is -0.193. The highest BCUT2D eigenvalue weighted by atomic mass is 16.5. The fourth-order valence-electron chi connectivity index (χ4n) is 3.21. The molecular formula is C23H34O7. The van der Waals surface area contributed by atoms with E-state index in [1.807, 2.05) is 6.08 Å². The number of ether oxygens (including phenoxy) is 2. The van der Waals surface area contributed by atoms with E-state index in [1.54, 1.807) is 6.08 Å². The molecular weight excluding hydrogens is 388 g/mol. The van der Waals surface area contributed by atoms with E-state index in [0.29, 0.717) is 18.9 Å². The topological polar surface area (TPSA) is 104 Å². The Morgan fingerprint density at radius 2 is 1.27 bits per heavy atom. The van der Waals surface area contributed by atoms with E-state index in [0.717, 1.165) is 32.1 Å². The highest BCUT2D eigenvalue weighted by Crippen LogP contribution is 2.29. The van der Waals surface area contributed by atoms with Crippen LogP contribution in [0, 0.1) is 0 Å². The van der Waals surface area contributed by atoms with Gasteiger partial charge in [-0.1, -0.05) is 45.4 Å². The molecule has 168 valence electrons. The third kappa shape index (κ3) is 13.7. The zero-order valence-electron chi connectivity index (χ0n) is 18.1. The summed E-state index contributed by atoms with van der Waals surface area (Å²) in [6.07, 6.45) is 12.5. The fraction of sp³-hybridized carbons (Fsp3) is 0.609. The molecule has 2 saturated heterocycles. The summed E-state index contributed by atoms with van der Waals surface area (Å²) in [5.74, 6) is 0.244. The summed E-state index contributed by atoms with van der Waals surface area (Å²) in [7, 11) is 0. The predicted octanol–water partition coefficient (Wildman–Crippen LogP) is 4.00. The minimum atomic E-state index is -0.195. The summed E-state index contributed by atoms with van der Waals surface area (Å²) in [5.41, 5.74) is 1.24. The highest BCUT2D eigenvalue weighted by molar-refractivity contribution is 5.85. The van der Waals surface area contributed by atoms with Crippen molar-refractivity contribution < 1.29 is 33.4 Å². The van der Waals surface area contributed by atoms with Crippen LogP contribution in [-0.4, -0.2) is 42.5 Å². The van der Waals surface area contributed by atoms with Crippen LogP contribution < -0.4 is 0 Å². The van der Waals surface area contributed by atoms with Crippen molar-refractivity contribution in [3.63, 3.8) is 0 Å². The Labute approximate surface area is 179 Å². The number of ketones is 1. The second-order valence-electron chi connectivity index (χ2n) is 6.82. The monoisotopic (exact) mass is 422 g/mol. The van der Waals surface area contributed by atoms with Crippen molar-refractivity contribution in [1.82, 2.24) is 0 Å². The van der Waals surface area contributed by atoms with Gasteiger partial charge in [-0.05, 0) is 37.7 Å². The molecule has 0 spiro atoms. The number of carbonyl (C=O) groups excluding carboxylic acids is 5. The second kappa shape index (κ2) is 19.9. The maximum atomic E-state index is 11.3. The van der Waals surface area contributed by atoms with Gasteiger partial charge in [0.2, 0.25) is 0 Å². The molecule has 0 aromatic heterocycles. The molecule has 0 radical (unpaired) electrons. The predicted molar refractivity (Wildman–Crippen MR) is 110 cm³/mol. The van der Waals surface area contributed by atoms with Gasteiger partial charge in [0, 0.05) is 6.42 Å². The van der Waals surface area contributed by atoms with Crippen molar-refractivity contribution in [2.24, 2.45) is 0 Å². The first-order chi connectivity index (χ1) is 14.4. The maximum Gasteiger partial charge on any atom is 0.373 e. The van der Waals surface area contributed by atoms with Crippen LogP contribution in [0.2, 0.25) is 0 Å². The Bertz CT molecular complexity index is 532. The van der Waals surface area contributed by atoms with E-state index in [9.17, 15) is 4.79 Å². The molecule has 0 amide bonds. The Morgan fingerprint density at radius 1 is 0.867 bits per heavy atom. The van der Waals surface area contributed by atoms with Crippen LogP contribution in [0.25, 0.3) is 0 Å². The average molecular weight is 423 g/mol. The van der Waals surface area contributed by atoms with Crippen LogP contribution in [0.4, 0.5) is 0 Å². The maximum absolute atomic E-state index is 11.3. The molecule has 2 heterocycles. The molecule has 4 atom stereocenters. The molecule has 30 heavy (non-hydrogen) atoms. The molecule has 2 aliphatic heterocycles. The van der Waals surface area contributed by atoms with Crippen molar-refractivity contribution in [3.05, 3.63) is 37.5 Å². The quantitative estimate of drug-likeness (QED) is 0.545. The van der Waals surface area contributed by atoms with Crippen molar-refractivity contribution in [1.29, 1.82) is 0 Å². The van der Waals surface area contributed by atoms with Crippen LogP contribution in [0.1, 0.15) is 65.2 Å². The van der Waals surface area contributed by atoms with Gasteiger partial charge in [0.25, 0.3) is 0 Å². The molecule has 2 rings (SSSR count). The largest absolute Gasteiger partial charge is 0.373 e. The van der Waals surface area contributed by atoms with Gasteiger partial charge in [-0.25, -0.2) is 0 Å². The van der Waals surface area contributed by atoms with Crippen LogP contribution in [-0.2, 0) is 33.4 Å². The van der Waals surface area contributed by atoms with Gasteiger partial charge in [0.15, 0.2) is 5.78 Å². The van der Waals surface area contributed by atoms with Crippen molar-refractivity contribution in [2.45, 2.75) is 89.6 Å². The first kappa shape index (κ1) is 29.8. The van der Waals surface area contributed by atoms with E-state index in [1.165, 1.54) is 12.0 Å². The number of hydrogen-bond donors (Lipinski definition) is 0. The molecule has 0 aliphatic carbocycles. The number of hydrogen-bond acceptors (Lipinski definition) is 7. The van der Waals surface area contributed by atoms with Gasteiger partial charge < -0.3 is 9.47 Å². The first-order valence-electron chi connectivity index (χ1n) is 10.1. The lowest BCUT2D eigenvalue weighted by atomic mass is 10.0. The van der Waals surface area contributed by atoms with Crippen LogP contribution in [0.15, 0.2) is 37.5 Å². The van der Waals surface area contributed by atoms with Gasteiger partial charge in [-0.3, -0.25) is 4.79 Å². The Balaban J connectivity index is 0. The summed E-state index contributed by atoms with van der Waals surface area (Å²) in [6, 6.07) is 0. The summed E-state index contributed by atoms with van der Waals surface area (Å²) >= 11 is 0. The summed E-state index contributed by atoms with van der Waals surface area (Å²) in [6.45, 7) is 15.6. The lowest BCUT2D eigenvalue weighted by Crippen LogP contribution is -2.14. The Morgan fingerprint density at radius 3 is 1.70 bits per heavy atom. The van der Waals surface area contributed by atoms with Crippen molar-refractivity contribution in [2.75, 3.05) is 0 Å². The van der Waals surface area contributed by atoms with Gasteiger partial charge in [0.1, 0.15) is 6.10 Å². The Kier molecular flexibility index (Phi) is 19.7. The lowest BCUT2D eigenvalue weighted by Gasteiger charge is -2.10. The zero-order valence-corrected chi connectivity index (χ0v) is 18.1. The second-order valence-corrected chi connectivity index (χ2v) is 6.82. The van der Waals surface area contributed by atoms with E-state index in [4.69, 9.17) is 28.7 Å². The number of rotatable bonds is 8. The summed E-state index contributed by atoms with van der Waals surface area (Å²) in [5, 5.41) is 0. The third-order valence-electron chi connectivity index (χ3n) is 4.43. The van der Waals surface area contributed by atoms with E-state index in [2.05, 4.69) is 33.6 Å². The molecule has 7 heteroatoms. The van der Waals surface area contributed by atoms with Gasteiger partial charge in [-0.15, -0.1) is 13.2 Å². The number of Topliss-reactive ketones (excluding diaryl/α,β-unsaturated/α-hetero) is 1. The first-order valence-corrected chi connectivity index (χ1v) is 10.1. The minimum absolute atomic E-state index is 0.174. The average Bonchev–Trinajstić information content (AvgIpc) is 3.20. The third-order valence-corrected chi connectivity index (χ3v) is 4.43. The van der Waals surface area contributed by atoms with E-state index < -0.39 is 0 Å². The smallest absolute Gasteiger partial charge is 0.370 e. The normalized spacial score (nSPS) is 23.9. The van der Waals surface area contributed by atoms with Crippen LogP contribution >= 0.6 is 0 Å². The highest BCUT2D eigenvalue weighted by Gasteiger charge is 2.31. The SMILES string of the molecule is C=CC[C@@H]1O[C@@H](CCC)CC1=C.C=CC[C@@H]1O[C@@H](CCC)CC1=O.O=C=O.O=C=O. The molecule has 2 fully saturated rings. The molecule has 0 saturated carbocycles. The van der Waals surface area contributed by atoms with Gasteiger partial charge >= 0.3 is 12.3 Å². The zero-order chi connectivity index (χ0) is 23.4. The summed E-state index contributed by atoms with van der Waals surface area (Å²) < 4.78 is 11.3. The molecule has 7 nitrogen and oxygen atoms in total. The fourth-order valence-corrected chi connectivity index (χ4v) is 3.21.